The van der Waals surface area contributed by atoms with Gasteiger partial charge in [0.25, 0.3) is 0 Å². The average Bonchev–Trinajstić information content (AvgIpc) is 2.99. The molecule has 0 aliphatic rings. The zero-order chi connectivity index (χ0) is 18.4. The largest absolute Gasteiger partial charge is 0.471 e. The second kappa shape index (κ2) is 7.69. The molecule has 2 N–H and O–H groups in total. The van der Waals surface area contributed by atoms with Crippen molar-refractivity contribution < 1.29 is 22.8 Å². The number of azo groups is 1. The topological polar surface area (TPSA) is 99.6 Å². The molecule has 25 heavy (non-hydrogen) atoms. The van der Waals surface area contributed by atoms with Gasteiger partial charge in [0.15, 0.2) is 11.6 Å². The van der Waals surface area contributed by atoms with Gasteiger partial charge < -0.3 is 10.3 Å². The van der Waals surface area contributed by atoms with E-state index in [-0.39, 0.29) is 24.6 Å². The molecule has 1 aromatic carbocycles. The standard InChI is InChI=1S/C15H14F3N5O2/c1-9(24)10-2-4-11(5-3-10)22-23-13-12(20-8-21-13)6-7-19-14(25)15(16,17)18/h2-5,8H,6-7H2,1H3,(H,19,25)(H,20,21). The molecule has 0 aliphatic heterocycles. The van der Waals surface area contributed by atoms with Crippen LogP contribution in [0, 0.1) is 0 Å². The number of nitrogens with zero attached hydrogens (tertiary/aromatic N) is 3. The molecule has 0 aliphatic carbocycles. The second-order valence-corrected chi connectivity index (χ2v) is 5.01. The number of alkyl halides is 3. The maximum atomic E-state index is 12.1. The van der Waals surface area contributed by atoms with Gasteiger partial charge >= 0.3 is 12.1 Å². The summed E-state index contributed by atoms with van der Waals surface area (Å²) in [6.07, 6.45) is -3.50. The zero-order valence-electron chi connectivity index (χ0n) is 13.1. The highest BCUT2D eigenvalue weighted by Gasteiger charge is 2.38. The summed E-state index contributed by atoms with van der Waals surface area (Å²) in [6.45, 7) is 1.22. The van der Waals surface area contributed by atoms with Gasteiger partial charge in [-0.05, 0) is 31.2 Å². The molecule has 0 unspecified atom stereocenters. The lowest BCUT2D eigenvalue weighted by molar-refractivity contribution is -0.173. The van der Waals surface area contributed by atoms with E-state index in [1.54, 1.807) is 29.6 Å². The van der Waals surface area contributed by atoms with Gasteiger partial charge in [-0.15, -0.1) is 10.2 Å². The lowest BCUT2D eigenvalue weighted by Crippen LogP contribution is -2.37. The Morgan fingerprint density at radius 3 is 2.48 bits per heavy atom. The van der Waals surface area contributed by atoms with Crippen LogP contribution < -0.4 is 5.32 Å². The van der Waals surface area contributed by atoms with Crippen LogP contribution >= 0.6 is 0 Å². The van der Waals surface area contributed by atoms with Gasteiger partial charge in [0.2, 0.25) is 0 Å². The van der Waals surface area contributed by atoms with Crippen LogP contribution in [0.25, 0.3) is 0 Å². The predicted molar refractivity (Wildman–Crippen MR) is 82.0 cm³/mol. The number of hydrogen-bond donors (Lipinski definition) is 2. The summed E-state index contributed by atoms with van der Waals surface area (Å²) in [5.41, 5.74) is 1.47. The summed E-state index contributed by atoms with van der Waals surface area (Å²) >= 11 is 0. The molecule has 0 spiro atoms. The molecule has 2 aromatic rings. The quantitative estimate of drug-likeness (QED) is 0.616. The number of aromatic amines is 1. The van der Waals surface area contributed by atoms with E-state index in [4.69, 9.17) is 0 Å². The van der Waals surface area contributed by atoms with E-state index in [2.05, 4.69) is 20.2 Å². The van der Waals surface area contributed by atoms with Crippen LogP contribution in [-0.2, 0) is 11.2 Å². The number of carbonyl (C=O) groups excluding carboxylic acids is 2. The van der Waals surface area contributed by atoms with Crippen molar-refractivity contribution in [2.45, 2.75) is 19.5 Å². The minimum atomic E-state index is -4.91. The number of Topliss-reactive ketones (excluding diaryl/α,β-unsaturated/α-hetero) is 1. The highest BCUT2D eigenvalue weighted by atomic mass is 19.4. The molecule has 132 valence electrons. The predicted octanol–water partition coefficient (Wildman–Crippen LogP) is 3.25. The first-order valence-electron chi connectivity index (χ1n) is 7.17. The number of imidazole rings is 1. The average molecular weight is 353 g/mol. The van der Waals surface area contributed by atoms with E-state index < -0.39 is 12.1 Å². The highest BCUT2D eigenvalue weighted by molar-refractivity contribution is 5.94. The number of carbonyl (C=O) groups is 2. The van der Waals surface area contributed by atoms with Crippen molar-refractivity contribution in [1.82, 2.24) is 15.3 Å². The van der Waals surface area contributed by atoms with Gasteiger partial charge in [-0.2, -0.15) is 13.2 Å². The highest BCUT2D eigenvalue weighted by Crippen LogP contribution is 2.20. The molecule has 0 saturated heterocycles. The molecular weight excluding hydrogens is 339 g/mol. The molecule has 1 heterocycles. The van der Waals surface area contributed by atoms with Crippen LogP contribution in [0.5, 0.6) is 0 Å². The molecule has 0 bridgehead atoms. The van der Waals surface area contributed by atoms with Crippen molar-refractivity contribution in [3.63, 3.8) is 0 Å². The molecule has 1 aromatic heterocycles. The van der Waals surface area contributed by atoms with E-state index in [1.165, 1.54) is 13.3 Å². The number of aromatic nitrogens is 2. The van der Waals surface area contributed by atoms with Crippen molar-refractivity contribution in [2.75, 3.05) is 6.54 Å². The van der Waals surface area contributed by atoms with Crippen LogP contribution in [0.15, 0.2) is 40.8 Å². The Labute approximate surface area is 140 Å². The molecule has 0 atom stereocenters. The fourth-order valence-electron chi connectivity index (χ4n) is 1.85. The summed E-state index contributed by atoms with van der Waals surface area (Å²) in [6, 6.07) is 6.43. The number of H-pyrrole nitrogens is 1. The van der Waals surface area contributed by atoms with Crippen LogP contribution in [0.3, 0.4) is 0 Å². The minimum Gasteiger partial charge on any atom is -0.348 e. The summed E-state index contributed by atoms with van der Waals surface area (Å²) in [7, 11) is 0. The molecule has 0 radical (unpaired) electrons. The van der Waals surface area contributed by atoms with Crippen molar-refractivity contribution in [3.8, 4) is 0 Å². The monoisotopic (exact) mass is 353 g/mol. The van der Waals surface area contributed by atoms with Crippen molar-refractivity contribution >= 4 is 23.2 Å². The first-order valence-corrected chi connectivity index (χ1v) is 7.17. The fraction of sp³-hybridized carbons (Fsp3) is 0.267. The Bertz CT molecular complexity index is 781. The summed E-state index contributed by atoms with van der Waals surface area (Å²) < 4.78 is 36.3. The number of hydrogen-bond acceptors (Lipinski definition) is 5. The molecule has 10 heteroatoms. The van der Waals surface area contributed by atoms with Gasteiger partial charge in [-0.25, -0.2) is 4.98 Å². The van der Waals surface area contributed by atoms with Crippen LogP contribution in [-0.4, -0.2) is 34.4 Å². The third kappa shape index (κ3) is 5.23. The van der Waals surface area contributed by atoms with Crippen molar-refractivity contribution in [2.24, 2.45) is 10.2 Å². The van der Waals surface area contributed by atoms with E-state index in [9.17, 15) is 22.8 Å². The van der Waals surface area contributed by atoms with E-state index >= 15 is 0 Å². The molecule has 1 amide bonds. The van der Waals surface area contributed by atoms with Crippen molar-refractivity contribution in [1.29, 1.82) is 0 Å². The third-order valence-corrected chi connectivity index (χ3v) is 3.15. The van der Waals surface area contributed by atoms with Gasteiger partial charge in [0, 0.05) is 18.5 Å². The lowest BCUT2D eigenvalue weighted by atomic mass is 10.1. The van der Waals surface area contributed by atoms with E-state index in [0.29, 0.717) is 16.9 Å². The first kappa shape index (κ1) is 18.3. The van der Waals surface area contributed by atoms with Gasteiger partial charge in [-0.3, -0.25) is 9.59 Å². The normalized spacial score (nSPS) is 11.7. The number of ketones is 1. The summed E-state index contributed by atoms with van der Waals surface area (Å²) in [4.78, 5) is 28.6. The SMILES string of the molecule is CC(=O)c1ccc(N=Nc2nc[nH]c2CCNC(=O)C(F)(F)F)cc1. The maximum absolute atomic E-state index is 12.1. The number of amides is 1. The maximum Gasteiger partial charge on any atom is 0.471 e. The number of benzene rings is 1. The van der Waals surface area contributed by atoms with Crippen LogP contribution in [0.4, 0.5) is 24.7 Å². The van der Waals surface area contributed by atoms with E-state index in [0.717, 1.165) is 0 Å². The van der Waals surface area contributed by atoms with Gasteiger partial charge in [0.05, 0.1) is 17.7 Å². The zero-order valence-corrected chi connectivity index (χ0v) is 13.1. The van der Waals surface area contributed by atoms with Crippen LogP contribution in [0.1, 0.15) is 23.0 Å². The summed E-state index contributed by atoms with van der Waals surface area (Å²) in [5.74, 6) is -1.86. The smallest absolute Gasteiger partial charge is 0.348 e. The Balaban J connectivity index is 1.96. The Hall–Kier alpha value is -3.04. The second-order valence-electron chi connectivity index (χ2n) is 5.01. The number of nitrogens with one attached hydrogen (secondary N) is 2. The molecule has 0 fully saturated rings. The lowest BCUT2D eigenvalue weighted by Gasteiger charge is -2.06. The Kier molecular flexibility index (Phi) is 5.63. The Morgan fingerprint density at radius 1 is 1.20 bits per heavy atom. The first-order chi connectivity index (χ1) is 11.8. The molecular formula is C15H14F3N5O2. The van der Waals surface area contributed by atoms with Crippen LogP contribution in [0.2, 0.25) is 0 Å². The molecule has 2 rings (SSSR count). The summed E-state index contributed by atoms with van der Waals surface area (Å²) in [5, 5.41) is 9.64. The fourth-order valence-corrected chi connectivity index (χ4v) is 1.85. The number of halogens is 3. The molecule has 0 saturated carbocycles. The van der Waals surface area contributed by atoms with Crippen molar-refractivity contribution in [3.05, 3.63) is 41.9 Å². The number of rotatable bonds is 6. The molecule has 7 nitrogen and oxygen atoms in total. The minimum absolute atomic E-state index is 0.0704. The van der Waals surface area contributed by atoms with Gasteiger partial charge in [0.1, 0.15) is 0 Å². The van der Waals surface area contributed by atoms with E-state index in [1.807, 2.05) is 0 Å². The Morgan fingerprint density at radius 2 is 1.88 bits per heavy atom. The van der Waals surface area contributed by atoms with Gasteiger partial charge in [-0.1, -0.05) is 0 Å². The third-order valence-electron chi connectivity index (χ3n) is 3.15.